The molecule has 0 bridgehead atoms. The highest BCUT2D eigenvalue weighted by Crippen LogP contribution is 2.33. The van der Waals surface area contributed by atoms with E-state index in [0.29, 0.717) is 17.5 Å². The van der Waals surface area contributed by atoms with Gasteiger partial charge in [0.15, 0.2) is 5.16 Å². The smallest absolute Gasteiger partial charge is 0.254 e. The van der Waals surface area contributed by atoms with Crippen LogP contribution in [-0.2, 0) is 16.8 Å². The summed E-state index contributed by atoms with van der Waals surface area (Å²) in [6.07, 6.45) is 1.96. The number of nitrogens with zero attached hydrogens (tertiary/aromatic N) is 3. The zero-order valence-electron chi connectivity index (χ0n) is 14.7. The molecule has 132 valence electrons. The molecule has 1 atom stereocenters. The van der Waals surface area contributed by atoms with Gasteiger partial charge in [0.2, 0.25) is 5.91 Å². The summed E-state index contributed by atoms with van der Waals surface area (Å²) in [6.45, 7) is 6.50. The van der Waals surface area contributed by atoms with Gasteiger partial charge in [0.05, 0.1) is 24.0 Å². The molecule has 0 radical (unpaired) electrons. The average molecular weight is 358 g/mol. The number of carbonyl (C=O) groups excluding carboxylic acids is 1. The SMILES string of the molecule is CC(C)(C)c1cc(=O)n2c(n1)SC[C@@H]2CC(=O)NCc1ccccn1. The number of pyridine rings is 1. The molecule has 7 heteroatoms. The number of carbonyl (C=O) groups is 1. The topological polar surface area (TPSA) is 76.9 Å². The van der Waals surface area contributed by atoms with Crippen LogP contribution in [0.3, 0.4) is 0 Å². The van der Waals surface area contributed by atoms with Crippen LogP contribution in [0.25, 0.3) is 0 Å². The Morgan fingerprint density at radius 2 is 2.20 bits per heavy atom. The molecule has 2 aromatic rings. The third-order valence-corrected chi connectivity index (χ3v) is 5.17. The van der Waals surface area contributed by atoms with Crippen LogP contribution in [0.1, 0.15) is 44.6 Å². The second kappa shape index (κ2) is 7.00. The number of hydrogen-bond donors (Lipinski definition) is 1. The lowest BCUT2D eigenvalue weighted by Crippen LogP contribution is -2.31. The number of aromatic nitrogens is 3. The van der Waals surface area contributed by atoms with Gasteiger partial charge < -0.3 is 5.32 Å². The monoisotopic (exact) mass is 358 g/mol. The molecule has 0 unspecified atom stereocenters. The Labute approximate surface area is 151 Å². The van der Waals surface area contributed by atoms with E-state index in [2.05, 4.69) is 15.3 Å². The van der Waals surface area contributed by atoms with Crippen molar-refractivity contribution in [2.75, 3.05) is 5.75 Å². The molecule has 6 nitrogen and oxygen atoms in total. The number of nitrogens with one attached hydrogen (secondary N) is 1. The molecule has 1 aliphatic rings. The van der Waals surface area contributed by atoms with E-state index in [9.17, 15) is 9.59 Å². The molecule has 0 aromatic carbocycles. The van der Waals surface area contributed by atoms with Crippen molar-refractivity contribution < 1.29 is 4.79 Å². The van der Waals surface area contributed by atoms with Crippen molar-refractivity contribution in [3.63, 3.8) is 0 Å². The van der Waals surface area contributed by atoms with Crippen molar-refractivity contribution in [1.82, 2.24) is 19.9 Å². The maximum atomic E-state index is 12.5. The Balaban J connectivity index is 1.69. The summed E-state index contributed by atoms with van der Waals surface area (Å²) in [7, 11) is 0. The van der Waals surface area contributed by atoms with Gasteiger partial charge in [0, 0.05) is 29.9 Å². The molecule has 0 fully saturated rings. The third-order valence-electron chi connectivity index (χ3n) is 4.07. The van der Waals surface area contributed by atoms with Crippen molar-refractivity contribution in [2.24, 2.45) is 0 Å². The average Bonchev–Trinajstić information content (AvgIpc) is 2.96. The van der Waals surface area contributed by atoms with E-state index in [0.717, 1.165) is 11.4 Å². The van der Waals surface area contributed by atoms with Gasteiger partial charge in [-0.3, -0.25) is 19.1 Å². The first-order chi connectivity index (χ1) is 11.8. The Kier molecular flexibility index (Phi) is 4.94. The Bertz CT molecular complexity index is 827. The predicted molar refractivity (Wildman–Crippen MR) is 97.7 cm³/mol. The van der Waals surface area contributed by atoms with Crippen LogP contribution in [0, 0.1) is 0 Å². The normalized spacial score (nSPS) is 16.5. The van der Waals surface area contributed by atoms with Gasteiger partial charge in [0.25, 0.3) is 5.56 Å². The molecule has 25 heavy (non-hydrogen) atoms. The van der Waals surface area contributed by atoms with E-state index in [4.69, 9.17) is 0 Å². The minimum atomic E-state index is -0.173. The standard InChI is InChI=1S/C18H22N4O2S/c1-18(2,3)14-9-16(24)22-13(11-25-17(22)21-14)8-15(23)20-10-12-6-4-5-7-19-12/h4-7,9,13H,8,10-11H2,1-3H3,(H,20,23)/t13-/m0/s1. The molecule has 3 rings (SSSR count). The van der Waals surface area contributed by atoms with Crippen LogP contribution in [-0.4, -0.2) is 26.2 Å². The quantitative estimate of drug-likeness (QED) is 0.849. The number of rotatable bonds is 4. The molecule has 2 aromatic heterocycles. The fourth-order valence-electron chi connectivity index (χ4n) is 2.67. The maximum absolute atomic E-state index is 12.5. The summed E-state index contributed by atoms with van der Waals surface area (Å²) in [5.74, 6) is 0.600. The Hall–Kier alpha value is -2.15. The van der Waals surface area contributed by atoms with Gasteiger partial charge in [-0.1, -0.05) is 38.6 Å². The number of hydrogen-bond acceptors (Lipinski definition) is 5. The van der Waals surface area contributed by atoms with Crippen molar-refractivity contribution in [3.05, 3.63) is 52.2 Å². The predicted octanol–water partition coefficient (Wildman–Crippen LogP) is 2.29. The number of fused-ring (bicyclic) bond motifs is 1. The van der Waals surface area contributed by atoms with Crippen LogP contribution in [0.4, 0.5) is 0 Å². The van der Waals surface area contributed by atoms with Gasteiger partial charge in [-0.15, -0.1) is 0 Å². The first-order valence-corrected chi connectivity index (χ1v) is 9.26. The molecular formula is C18H22N4O2S. The molecule has 0 aliphatic carbocycles. The van der Waals surface area contributed by atoms with Crippen LogP contribution in [0.15, 0.2) is 40.4 Å². The molecule has 1 aliphatic heterocycles. The minimum Gasteiger partial charge on any atom is -0.350 e. The summed E-state index contributed by atoms with van der Waals surface area (Å²) < 4.78 is 1.65. The summed E-state index contributed by atoms with van der Waals surface area (Å²) in [6, 6.07) is 7.02. The summed E-state index contributed by atoms with van der Waals surface area (Å²) >= 11 is 1.54. The number of amides is 1. The molecule has 1 amide bonds. The summed E-state index contributed by atoms with van der Waals surface area (Å²) in [5.41, 5.74) is 1.35. The lowest BCUT2D eigenvalue weighted by Gasteiger charge is -2.19. The molecule has 3 heterocycles. The zero-order chi connectivity index (χ0) is 18.0. The highest BCUT2D eigenvalue weighted by molar-refractivity contribution is 7.99. The first kappa shape index (κ1) is 17.7. The van der Waals surface area contributed by atoms with Gasteiger partial charge >= 0.3 is 0 Å². The van der Waals surface area contributed by atoms with Crippen molar-refractivity contribution in [2.45, 2.75) is 50.4 Å². The lowest BCUT2D eigenvalue weighted by molar-refractivity contribution is -0.121. The van der Waals surface area contributed by atoms with Crippen molar-refractivity contribution in [3.8, 4) is 0 Å². The van der Waals surface area contributed by atoms with E-state index >= 15 is 0 Å². The number of thioether (sulfide) groups is 1. The Morgan fingerprint density at radius 3 is 2.88 bits per heavy atom. The highest BCUT2D eigenvalue weighted by atomic mass is 32.2. The van der Waals surface area contributed by atoms with Crippen LogP contribution in [0.2, 0.25) is 0 Å². The van der Waals surface area contributed by atoms with Gasteiger partial charge in [-0.05, 0) is 12.1 Å². The van der Waals surface area contributed by atoms with Crippen molar-refractivity contribution >= 4 is 17.7 Å². The second-order valence-corrected chi connectivity index (χ2v) is 8.14. The van der Waals surface area contributed by atoms with E-state index < -0.39 is 0 Å². The molecular weight excluding hydrogens is 336 g/mol. The van der Waals surface area contributed by atoms with E-state index in [1.807, 2.05) is 39.0 Å². The van der Waals surface area contributed by atoms with Crippen LogP contribution >= 0.6 is 11.8 Å². The molecule has 0 spiro atoms. The van der Waals surface area contributed by atoms with Gasteiger partial charge in [0.1, 0.15) is 0 Å². The minimum absolute atomic E-state index is 0.0811. The van der Waals surface area contributed by atoms with Crippen LogP contribution in [0.5, 0.6) is 0 Å². The third kappa shape index (κ3) is 4.10. The van der Waals surface area contributed by atoms with E-state index in [1.54, 1.807) is 16.8 Å². The highest BCUT2D eigenvalue weighted by Gasteiger charge is 2.29. The first-order valence-electron chi connectivity index (χ1n) is 8.28. The summed E-state index contributed by atoms with van der Waals surface area (Å²) in [5, 5.41) is 3.57. The lowest BCUT2D eigenvalue weighted by atomic mass is 9.92. The molecule has 0 saturated carbocycles. The molecule has 0 saturated heterocycles. The Morgan fingerprint density at radius 1 is 1.40 bits per heavy atom. The van der Waals surface area contributed by atoms with Crippen molar-refractivity contribution in [1.29, 1.82) is 0 Å². The zero-order valence-corrected chi connectivity index (χ0v) is 15.5. The second-order valence-electron chi connectivity index (χ2n) is 7.15. The van der Waals surface area contributed by atoms with E-state index in [1.165, 1.54) is 11.8 Å². The maximum Gasteiger partial charge on any atom is 0.254 e. The summed E-state index contributed by atoms with van der Waals surface area (Å²) in [4.78, 5) is 33.6. The fourth-order valence-corrected chi connectivity index (χ4v) is 3.82. The largest absolute Gasteiger partial charge is 0.350 e. The fraction of sp³-hybridized carbons (Fsp3) is 0.444. The van der Waals surface area contributed by atoms with Crippen LogP contribution < -0.4 is 10.9 Å². The van der Waals surface area contributed by atoms with E-state index in [-0.39, 0.29) is 29.3 Å². The van der Waals surface area contributed by atoms with Gasteiger partial charge in [-0.25, -0.2) is 4.98 Å². The molecule has 1 N–H and O–H groups in total. The van der Waals surface area contributed by atoms with Gasteiger partial charge in [-0.2, -0.15) is 0 Å².